The predicted molar refractivity (Wildman–Crippen MR) is 206 cm³/mol. The number of aromatic nitrogens is 2. The number of hydrogen-bond donors (Lipinski definition) is 4. The summed E-state index contributed by atoms with van der Waals surface area (Å²) in [6, 6.07) is 14.4. The van der Waals surface area contributed by atoms with Crippen LogP contribution in [0.25, 0.3) is 0 Å². The van der Waals surface area contributed by atoms with E-state index in [9.17, 15) is 24.0 Å². The average molecular weight is 792 g/mol. The van der Waals surface area contributed by atoms with E-state index in [-0.39, 0.29) is 71.1 Å². The minimum absolute atomic E-state index is 0.0775. The zero-order valence-corrected chi connectivity index (χ0v) is 31.9. The van der Waals surface area contributed by atoms with Crippen molar-refractivity contribution in [1.82, 2.24) is 36.4 Å². The Morgan fingerprint density at radius 3 is 2.47 bits per heavy atom. The first-order valence-electron chi connectivity index (χ1n) is 19.7. The summed E-state index contributed by atoms with van der Waals surface area (Å²) in [4.78, 5) is 68.7. The Morgan fingerprint density at radius 1 is 0.947 bits per heavy atom. The molecule has 1 aromatic heterocycles. The van der Waals surface area contributed by atoms with E-state index in [1.165, 1.54) is 0 Å². The van der Waals surface area contributed by atoms with Gasteiger partial charge in [-0.25, -0.2) is 0 Å². The number of piperazine rings is 1. The first-order valence-corrected chi connectivity index (χ1v) is 20.0. The molecule has 2 saturated carbocycles. The van der Waals surface area contributed by atoms with Crippen LogP contribution in [0.15, 0.2) is 42.5 Å². The second-order valence-electron chi connectivity index (χ2n) is 16.2. The summed E-state index contributed by atoms with van der Waals surface area (Å²) < 4.78 is 6.07. The molecule has 15 nitrogen and oxygen atoms in total. The Kier molecular flexibility index (Phi) is 9.66. The van der Waals surface area contributed by atoms with Crippen LogP contribution in [0, 0.1) is 16.7 Å². The number of carbonyl (C=O) groups excluding carboxylic acids is 5. The van der Waals surface area contributed by atoms with Gasteiger partial charge in [-0.2, -0.15) is 5.26 Å². The largest absolute Gasteiger partial charge is 0.490 e. The number of piperidine rings is 2. The molecule has 4 N–H and O–H groups in total. The number of ether oxygens (including phenoxy) is 1. The number of hydrogen-bond acceptors (Lipinski definition) is 12. The van der Waals surface area contributed by atoms with Gasteiger partial charge in [-0.1, -0.05) is 17.7 Å². The number of nitrogens with one attached hydrogen (secondary N) is 4. The van der Waals surface area contributed by atoms with Gasteiger partial charge in [0, 0.05) is 63.3 Å². The normalized spacial score (nSPS) is 27.5. The molecule has 9 rings (SSSR count). The second kappa shape index (κ2) is 14.8. The van der Waals surface area contributed by atoms with Gasteiger partial charge in [0.25, 0.3) is 17.7 Å². The first kappa shape index (κ1) is 37.2. The van der Waals surface area contributed by atoms with Crippen LogP contribution in [0.1, 0.15) is 111 Å². The van der Waals surface area contributed by atoms with E-state index in [2.05, 4.69) is 47.3 Å². The van der Waals surface area contributed by atoms with Gasteiger partial charge in [0.2, 0.25) is 11.8 Å². The number of nitriles is 1. The van der Waals surface area contributed by atoms with Gasteiger partial charge in [0.1, 0.15) is 11.8 Å². The molecule has 2 atom stereocenters. The Labute approximate surface area is 333 Å². The number of halogens is 1. The molecule has 5 amide bonds. The van der Waals surface area contributed by atoms with Crippen LogP contribution in [0.3, 0.4) is 0 Å². The van der Waals surface area contributed by atoms with Gasteiger partial charge in [-0.05, 0) is 91.8 Å². The summed E-state index contributed by atoms with van der Waals surface area (Å²) >= 11 is 6.15. The molecule has 4 aliphatic heterocycles. The average Bonchev–Trinajstić information content (AvgIpc) is 3.48. The second-order valence-corrected chi connectivity index (χ2v) is 16.6. The zero-order chi connectivity index (χ0) is 39.4. The van der Waals surface area contributed by atoms with Crippen molar-refractivity contribution in [1.29, 1.82) is 5.26 Å². The van der Waals surface area contributed by atoms with Crippen molar-refractivity contribution in [2.45, 2.75) is 81.5 Å². The maximum absolute atomic E-state index is 13.2. The van der Waals surface area contributed by atoms with Gasteiger partial charge in [-0.15, -0.1) is 10.2 Å². The molecule has 6 aliphatic rings. The highest BCUT2D eigenvalue weighted by atomic mass is 35.5. The predicted octanol–water partition coefficient (Wildman–Crippen LogP) is 3.14. The monoisotopic (exact) mass is 791 g/mol. The maximum Gasteiger partial charge on any atom is 0.272 e. The fourth-order valence-electron chi connectivity index (χ4n) is 9.95. The SMILES string of the molecule is N#Cc1ccc(OC2CC3(CC(NC(=O)c4ccc(N5CCC(N6CCNCC6c6ccc7c(c6C6CCC(=O)NC6=O)C(=O)NC7=O)CC5)nn4)C3)C2)cc1Cl. The van der Waals surface area contributed by atoms with Crippen LogP contribution in [-0.4, -0.2) is 95.5 Å². The van der Waals surface area contributed by atoms with Crippen LogP contribution >= 0.6 is 11.6 Å². The lowest BCUT2D eigenvalue weighted by atomic mass is 9.53. The molecule has 3 saturated heterocycles. The van der Waals surface area contributed by atoms with Crippen molar-refractivity contribution in [3.8, 4) is 11.8 Å². The first-order chi connectivity index (χ1) is 27.6. The van der Waals surface area contributed by atoms with E-state index in [4.69, 9.17) is 21.6 Å². The Morgan fingerprint density at radius 2 is 1.75 bits per heavy atom. The van der Waals surface area contributed by atoms with Crippen molar-refractivity contribution < 1.29 is 28.7 Å². The van der Waals surface area contributed by atoms with E-state index in [0.717, 1.165) is 70.3 Å². The lowest BCUT2D eigenvalue weighted by molar-refractivity contribution is -0.134. The lowest BCUT2D eigenvalue weighted by Crippen LogP contribution is -2.58. The van der Waals surface area contributed by atoms with Crippen LogP contribution in [0.4, 0.5) is 5.82 Å². The molecule has 294 valence electrons. The zero-order valence-electron chi connectivity index (χ0n) is 31.2. The topological polar surface area (TPSA) is 199 Å². The summed E-state index contributed by atoms with van der Waals surface area (Å²) in [6.07, 6.45) is 5.81. The number of carbonyl (C=O) groups is 5. The highest BCUT2D eigenvalue weighted by molar-refractivity contribution is 6.31. The number of amides is 5. The molecule has 1 spiro atoms. The maximum atomic E-state index is 13.2. The van der Waals surface area contributed by atoms with E-state index in [1.807, 2.05) is 12.1 Å². The molecule has 2 aromatic carbocycles. The quantitative estimate of drug-likeness (QED) is 0.244. The highest BCUT2D eigenvalue weighted by Gasteiger charge is 2.54. The van der Waals surface area contributed by atoms with Crippen molar-refractivity contribution in [3.05, 3.63) is 81.0 Å². The third-order valence-electron chi connectivity index (χ3n) is 12.7. The molecule has 16 heteroatoms. The fourth-order valence-corrected chi connectivity index (χ4v) is 10.2. The van der Waals surface area contributed by atoms with Gasteiger partial charge < -0.3 is 20.3 Å². The molecular weight excluding hydrogens is 750 g/mol. The third kappa shape index (κ3) is 7.00. The number of fused-ring (bicyclic) bond motifs is 1. The van der Waals surface area contributed by atoms with Crippen LogP contribution < -0.4 is 30.9 Å². The van der Waals surface area contributed by atoms with E-state index in [0.29, 0.717) is 34.3 Å². The molecule has 2 unspecified atom stereocenters. The number of rotatable bonds is 8. The van der Waals surface area contributed by atoms with Gasteiger partial charge in [0.15, 0.2) is 11.5 Å². The van der Waals surface area contributed by atoms with E-state index >= 15 is 0 Å². The smallest absolute Gasteiger partial charge is 0.272 e. The van der Waals surface area contributed by atoms with E-state index in [1.54, 1.807) is 30.3 Å². The fraction of sp³-hybridized carbons (Fsp3) is 0.463. The summed E-state index contributed by atoms with van der Waals surface area (Å²) in [5.41, 5.74) is 2.75. The Hall–Kier alpha value is -5.43. The minimum atomic E-state index is -0.720. The standard InChI is InChI=1S/C41H42ClN9O6/c42-30-15-25(2-1-22(30)20-43)57-26-18-41(19-26)16-23(17-41)45-39(55)31-6-7-33(49-48-31)50-12-9-24(10-13-50)51-14-11-44-21-32(51)27-3-4-29-36(40(56)47-38(29)54)35(27)28-5-8-34(52)46-37(28)53/h1-4,6-7,15,23-24,26,28,32,44H,5,8-14,16-19,21H2,(H,45,55)(H,46,52,53)(H,47,54,56). The summed E-state index contributed by atoms with van der Waals surface area (Å²) in [6.45, 7) is 3.62. The molecule has 0 bridgehead atoms. The molecule has 3 aromatic rings. The summed E-state index contributed by atoms with van der Waals surface area (Å²) in [7, 11) is 0. The van der Waals surface area contributed by atoms with E-state index < -0.39 is 23.6 Å². The van der Waals surface area contributed by atoms with Crippen molar-refractivity contribution in [2.24, 2.45) is 5.41 Å². The summed E-state index contributed by atoms with van der Waals surface area (Å²) in [5, 5.41) is 29.6. The highest BCUT2D eigenvalue weighted by Crippen LogP contribution is 2.57. The number of nitrogens with zero attached hydrogens (tertiary/aromatic N) is 5. The summed E-state index contributed by atoms with van der Waals surface area (Å²) in [5.74, 6) is -1.36. The Balaban J connectivity index is 0.797. The third-order valence-corrected chi connectivity index (χ3v) is 13.0. The van der Waals surface area contributed by atoms with Crippen molar-refractivity contribution in [2.75, 3.05) is 37.6 Å². The van der Waals surface area contributed by atoms with Crippen LogP contribution in [0.2, 0.25) is 5.02 Å². The molecule has 5 fully saturated rings. The molecule has 57 heavy (non-hydrogen) atoms. The van der Waals surface area contributed by atoms with Crippen LogP contribution in [0.5, 0.6) is 5.75 Å². The lowest BCUT2D eigenvalue weighted by Gasteiger charge is -2.57. The minimum Gasteiger partial charge on any atom is -0.490 e. The van der Waals surface area contributed by atoms with Gasteiger partial charge in [-0.3, -0.25) is 39.5 Å². The van der Waals surface area contributed by atoms with Gasteiger partial charge >= 0.3 is 0 Å². The van der Waals surface area contributed by atoms with Crippen molar-refractivity contribution in [3.63, 3.8) is 0 Å². The molecule has 2 aliphatic carbocycles. The number of imide groups is 2. The number of benzene rings is 2. The van der Waals surface area contributed by atoms with Gasteiger partial charge in [0.05, 0.1) is 33.7 Å². The van der Waals surface area contributed by atoms with Crippen molar-refractivity contribution >= 4 is 47.0 Å². The Bertz CT molecular complexity index is 2200. The number of anilines is 1. The van der Waals surface area contributed by atoms with Crippen LogP contribution in [-0.2, 0) is 9.59 Å². The molecular formula is C41H42ClN9O6. The molecule has 0 radical (unpaired) electrons. The molecule has 5 heterocycles.